The van der Waals surface area contributed by atoms with Gasteiger partial charge in [0, 0.05) is 10.9 Å². The van der Waals surface area contributed by atoms with Crippen molar-refractivity contribution in [2.75, 3.05) is 0 Å². The second-order valence-corrected chi connectivity index (χ2v) is 7.19. The van der Waals surface area contributed by atoms with Gasteiger partial charge >= 0.3 is 6.18 Å². The summed E-state index contributed by atoms with van der Waals surface area (Å²) in [5.41, 5.74) is 5.20. The summed E-state index contributed by atoms with van der Waals surface area (Å²) in [5, 5.41) is 8.53. The van der Waals surface area contributed by atoms with Gasteiger partial charge in [-0.25, -0.2) is 0 Å². The molecular weight excluding hydrogens is 319 g/mol. The van der Waals surface area contributed by atoms with E-state index in [2.05, 4.69) is 10.2 Å². The molecule has 0 aliphatic heterocycles. The van der Waals surface area contributed by atoms with E-state index in [4.69, 9.17) is 5.73 Å². The van der Waals surface area contributed by atoms with E-state index in [0.717, 1.165) is 11.1 Å². The lowest BCUT2D eigenvalue weighted by molar-refractivity contribution is -0.138. The predicted octanol–water partition coefficient (Wildman–Crippen LogP) is 3.91. The highest BCUT2D eigenvalue weighted by Gasteiger charge is 2.33. The highest BCUT2D eigenvalue weighted by atomic mass is 32.2. The molecule has 21 heavy (non-hydrogen) atoms. The number of aryl methyl sites for hydroxylation is 1. The van der Waals surface area contributed by atoms with Gasteiger partial charge in [0.15, 0.2) is 4.34 Å². The van der Waals surface area contributed by atoms with Crippen LogP contribution in [0.1, 0.15) is 23.1 Å². The van der Waals surface area contributed by atoms with Crippen LogP contribution in [0.5, 0.6) is 0 Å². The fourth-order valence-electron chi connectivity index (χ4n) is 1.83. The molecule has 1 aromatic carbocycles. The van der Waals surface area contributed by atoms with E-state index in [0.29, 0.717) is 9.24 Å². The van der Waals surface area contributed by atoms with Gasteiger partial charge in [0.2, 0.25) is 0 Å². The van der Waals surface area contributed by atoms with E-state index in [1.54, 1.807) is 19.9 Å². The summed E-state index contributed by atoms with van der Waals surface area (Å²) < 4.78 is 40.1. The first kappa shape index (κ1) is 16.3. The molecule has 1 unspecified atom stereocenters. The van der Waals surface area contributed by atoms with Crippen LogP contribution in [0.3, 0.4) is 0 Å². The van der Waals surface area contributed by atoms with E-state index in [1.807, 2.05) is 0 Å². The number of hydrogen-bond donors (Lipinski definition) is 1. The maximum atomic E-state index is 13.1. The van der Waals surface area contributed by atoms with Crippen LogP contribution >= 0.6 is 23.1 Å². The van der Waals surface area contributed by atoms with E-state index in [-0.39, 0.29) is 18.0 Å². The Morgan fingerprint density at radius 3 is 2.57 bits per heavy atom. The van der Waals surface area contributed by atoms with Gasteiger partial charge in [-0.05, 0) is 38.0 Å². The zero-order valence-corrected chi connectivity index (χ0v) is 13.1. The maximum absolute atomic E-state index is 13.1. The maximum Gasteiger partial charge on any atom is 0.416 e. The third-order valence-corrected chi connectivity index (χ3v) is 4.52. The number of hydrogen-bond acceptors (Lipinski definition) is 5. The first-order valence-electron chi connectivity index (χ1n) is 6.19. The second kappa shape index (κ2) is 6.33. The van der Waals surface area contributed by atoms with Crippen LogP contribution in [-0.2, 0) is 12.6 Å². The Morgan fingerprint density at radius 1 is 1.33 bits per heavy atom. The molecule has 2 aromatic rings. The highest BCUT2D eigenvalue weighted by molar-refractivity contribution is 8.01. The van der Waals surface area contributed by atoms with Crippen LogP contribution < -0.4 is 5.73 Å². The van der Waals surface area contributed by atoms with Gasteiger partial charge in [0.25, 0.3) is 0 Å². The standard InChI is InChI=1S/C13H14F3N3S2/c1-7(17)5-9-3-4-10(6-11(9)13(14,15)16)21-12-19-18-8(2)20-12/h3-4,6-7H,5,17H2,1-2H3. The summed E-state index contributed by atoms with van der Waals surface area (Å²) in [5.74, 6) is 0. The molecule has 0 amide bonds. The van der Waals surface area contributed by atoms with Crippen molar-refractivity contribution in [2.45, 2.75) is 41.7 Å². The lowest BCUT2D eigenvalue weighted by Gasteiger charge is -2.15. The molecular formula is C13H14F3N3S2. The highest BCUT2D eigenvalue weighted by Crippen LogP contribution is 2.37. The van der Waals surface area contributed by atoms with Gasteiger partial charge in [-0.2, -0.15) is 13.2 Å². The fourth-order valence-corrected chi connectivity index (χ4v) is 3.66. The van der Waals surface area contributed by atoms with Crippen molar-refractivity contribution in [1.82, 2.24) is 10.2 Å². The molecule has 0 bridgehead atoms. The molecule has 2 rings (SSSR count). The molecule has 3 nitrogen and oxygen atoms in total. The van der Waals surface area contributed by atoms with E-state index >= 15 is 0 Å². The summed E-state index contributed by atoms with van der Waals surface area (Å²) in [4.78, 5) is 0.492. The van der Waals surface area contributed by atoms with Crippen LogP contribution in [0.15, 0.2) is 27.4 Å². The minimum absolute atomic E-state index is 0.192. The summed E-state index contributed by atoms with van der Waals surface area (Å²) in [6, 6.07) is 3.98. The Labute approximate surface area is 128 Å². The fraction of sp³-hybridized carbons (Fsp3) is 0.385. The molecule has 1 heterocycles. The van der Waals surface area contributed by atoms with Crippen LogP contribution in [0, 0.1) is 6.92 Å². The minimum Gasteiger partial charge on any atom is -0.328 e. The quantitative estimate of drug-likeness (QED) is 0.922. The number of alkyl halides is 3. The van der Waals surface area contributed by atoms with Crippen LogP contribution in [-0.4, -0.2) is 16.2 Å². The van der Waals surface area contributed by atoms with Crippen molar-refractivity contribution in [1.29, 1.82) is 0 Å². The predicted molar refractivity (Wildman–Crippen MR) is 77.6 cm³/mol. The zero-order valence-electron chi connectivity index (χ0n) is 11.4. The first-order chi connectivity index (χ1) is 9.75. The first-order valence-corrected chi connectivity index (χ1v) is 7.82. The van der Waals surface area contributed by atoms with Crippen molar-refractivity contribution >= 4 is 23.1 Å². The Bertz CT molecular complexity index is 623. The van der Waals surface area contributed by atoms with Gasteiger partial charge in [0.05, 0.1) is 5.56 Å². The monoisotopic (exact) mass is 333 g/mol. The average Bonchev–Trinajstić information content (AvgIpc) is 2.75. The summed E-state index contributed by atoms with van der Waals surface area (Å²) in [6.07, 6.45) is -4.20. The lowest BCUT2D eigenvalue weighted by Crippen LogP contribution is -2.20. The lowest BCUT2D eigenvalue weighted by atomic mass is 10.0. The van der Waals surface area contributed by atoms with Crippen LogP contribution in [0.2, 0.25) is 0 Å². The van der Waals surface area contributed by atoms with Gasteiger partial charge < -0.3 is 5.73 Å². The molecule has 0 saturated heterocycles. The Balaban J connectivity index is 2.32. The zero-order chi connectivity index (χ0) is 15.6. The number of benzene rings is 1. The van der Waals surface area contributed by atoms with Crippen LogP contribution in [0.4, 0.5) is 13.2 Å². The summed E-state index contributed by atoms with van der Waals surface area (Å²) in [6.45, 7) is 3.49. The van der Waals surface area contributed by atoms with E-state index < -0.39 is 11.7 Å². The third kappa shape index (κ3) is 4.42. The largest absolute Gasteiger partial charge is 0.416 e. The number of nitrogens with two attached hydrogens (primary N) is 1. The molecule has 1 atom stereocenters. The average molecular weight is 333 g/mol. The molecule has 0 spiro atoms. The summed E-state index contributed by atoms with van der Waals surface area (Å²) >= 11 is 2.53. The van der Waals surface area contributed by atoms with Gasteiger partial charge in [-0.3, -0.25) is 0 Å². The molecule has 0 aliphatic carbocycles. The van der Waals surface area contributed by atoms with E-state index in [1.165, 1.54) is 29.2 Å². The van der Waals surface area contributed by atoms with Crippen molar-refractivity contribution in [2.24, 2.45) is 5.73 Å². The third-order valence-electron chi connectivity index (χ3n) is 2.64. The molecule has 114 valence electrons. The SMILES string of the molecule is Cc1nnc(Sc2ccc(CC(C)N)c(C(F)(F)F)c2)s1. The smallest absolute Gasteiger partial charge is 0.328 e. The molecule has 0 aliphatic rings. The number of nitrogens with zero attached hydrogens (tertiary/aromatic N) is 2. The topological polar surface area (TPSA) is 51.8 Å². The normalized spacial score (nSPS) is 13.4. The van der Waals surface area contributed by atoms with Gasteiger partial charge in [0.1, 0.15) is 5.01 Å². The molecule has 0 radical (unpaired) electrons. The molecule has 2 N–H and O–H groups in total. The number of rotatable bonds is 4. The number of aromatic nitrogens is 2. The molecule has 0 saturated carbocycles. The molecule has 1 aromatic heterocycles. The van der Waals surface area contributed by atoms with Crippen LogP contribution in [0.25, 0.3) is 0 Å². The second-order valence-electron chi connectivity index (χ2n) is 4.69. The Hall–Kier alpha value is -1.12. The minimum atomic E-state index is -4.39. The van der Waals surface area contributed by atoms with Crippen molar-refractivity contribution < 1.29 is 13.2 Å². The summed E-state index contributed by atoms with van der Waals surface area (Å²) in [7, 11) is 0. The number of halogens is 3. The van der Waals surface area contributed by atoms with Gasteiger partial charge in [-0.1, -0.05) is 29.2 Å². The van der Waals surface area contributed by atoms with Crippen molar-refractivity contribution in [3.05, 3.63) is 34.3 Å². The van der Waals surface area contributed by atoms with E-state index in [9.17, 15) is 13.2 Å². The molecule has 0 fully saturated rings. The Morgan fingerprint density at radius 2 is 2.05 bits per heavy atom. The Kier molecular flexibility index (Phi) is 4.90. The molecule has 8 heteroatoms. The van der Waals surface area contributed by atoms with Gasteiger partial charge in [-0.15, -0.1) is 10.2 Å². The van der Waals surface area contributed by atoms with Crippen molar-refractivity contribution in [3.63, 3.8) is 0 Å². The van der Waals surface area contributed by atoms with Crippen molar-refractivity contribution in [3.8, 4) is 0 Å².